The zero-order valence-corrected chi connectivity index (χ0v) is 14.4. The highest BCUT2D eigenvalue weighted by Gasteiger charge is 2.30. The van der Waals surface area contributed by atoms with Gasteiger partial charge >= 0.3 is 6.18 Å². The number of nitrogens with zero attached hydrogens (tertiary/aromatic N) is 2. The third-order valence-electron chi connectivity index (χ3n) is 4.33. The zero-order valence-electron chi connectivity index (χ0n) is 14.4. The first kappa shape index (κ1) is 18.0. The van der Waals surface area contributed by atoms with Crippen molar-refractivity contribution in [1.29, 1.82) is 0 Å². The Labute approximate surface area is 157 Å². The molecule has 0 saturated heterocycles. The largest absolute Gasteiger partial charge is 0.489 e. The Morgan fingerprint density at radius 3 is 2.32 bits per heavy atom. The second-order valence-electron chi connectivity index (χ2n) is 6.24. The van der Waals surface area contributed by atoms with E-state index in [2.05, 4.69) is 5.10 Å². The van der Waals surface area contributed by atoms with Crippen LogP contribution in [0, 0.1) is 5.82 Å². The topological polar surface area (TPSA) is 26.5 Å². The summed E-state index contributed by atoms with van der Waals surface area (Å²) in [7, 11) is 0. The molecule has 0 spiro atoms. The molecule has 2 heterocycles. The SMILES string of the molecule is Fc1ccc(OCc2ccn3ncc(-c4ccc(C(F)(F)F)cc4)c3c2)cc1. The highest BCUT2D eigenvalue weighted by molar-refractivity contribution is 5.80. The van der Waals surface area contributed by atoms with E-state index in [1.807, 2.05) is 12.1 Å². The van der Waals surface area contributed by atoms with Gasteiger partial charge in [0.25, 0.3) is 0 Å². The molecule has 142 valence electrons. The fraction of sp³-hybridized carbons (Fsp3) is 0.0952. The molecule has 0 aliphatic rings. The molecular weight excluding hydrogens is 372 g/mol. The van der Waals surface area contributed by atoms with E-state index < -0.39 is 11.7 Å². The molecule has 0 fully saturated rings. The van der Waals surface area contributed by atoms with Crippen LogP contribution in [0.3, 0.4) is 0 Å². The third-order valence-corrected chi connectivity index (χ3v) is 4.33. The third kappa shape index (κ3) is 3.69. The maximum Gasteiger partial charge on any atom is 0.416 e. The van der Waals surface area contributed by atoms with Gasteiger partial charge in [-0.05, 0) is 59.7 Å². The normalized spacial score (nSPS) is 11.7. The van der Waals surface area contributed by atoms with Crippen LogP contribution in [0.5, 0.6) is 5.75 Å². The van der Waals surface area contributed by atoms with Gasteiger partial charge in [0.15, 0.2) is 0 Å². The van der Waals surface area contributed by atoms with E-state index in [0.29, 0.717) is 11.3 Å². The molecule has 4 aromatic rings. The molecule has 0 saturated carbocycles. The van der Waals surface area contributed by atoms with Crippen LogP contribution >= 0.6 is 0 Å². The lowest BCUT2D eigenvalue weighted by Gasteiger charge is -2.08. The number of aromatic nitrogens is 2. The van der Waals surface area contributed by atoms with Gasteiger partial charge in [-0.15, -0.1) is 0 Å². The van der Waals surface area contributed by atoms with Gasteiger partial charge in [0, 0.05) is 11.8 Å². The van der Waals surface area contributed by atoms with Crippen molar-refractivity contribution in [2.75, 3.05) is 0 Å². The number of hydrogen-bond donors (Lipinski definition) is 0. The summed E-state index contributed by atoms with van der Waals surface area (Å²) >= 11 is 0. The molecule has 0 unspecified atom stereocenters. The van der Waals surface area contributed by atoms with Crippen LogP contribution < -0.4 is 4.74 Å². The van der Waals surface area contributed by atoms with Gasteiger partial charge in [0.05, 0.1) is 17.3 Å². The number of rotatable bonds is 4. The van der Waals surface area contributed by atoms with Gasteiger partial charge in [0.2, 0.25) is 0 Å². The zero-order chi connectivity index (χ0) is 19.7. The molecule has 2 aromatic carbocycles. The predicted octanol–water partition coefficient (Wildman–Crippen LogP) is 5.74. The Balaban J connectivity index is 1.60. The van der Waals surface area contributed by atoms with E-state index in [-0.39, 0.29) is 12.4 Å². The standard InChI is InChI=1S/C21H14F4N2O/c22-17-5-7-18(8-6-17)28-13-14-9-10-27-20(11-14)19(12-26-27)15-1-3-16(4-2-15)21(23,24)25/h1-12H,13H2. The fourth-order valence-electron chi connectivity index (χ4n) is 2.87. The Morgan fingerprint density at radius 1 is 0.929 bits per heavy atom. The van der Waals surface area contributed by atoms with Crippen molar-refractivity contribution in [3.63, 3.8) is 0 Å². The monoisotopic (exact) mass is 386 g/mol. The average Bonchev–Trinajstić information content (AvgIpc) is 3.10. The summed E-state index contributed by atoms with van der Waals surface area (Å²) in [6.45, 7) is 0.264. The summed E-state index contributed by atoms with van der Waals surface area (Å²) < 4.78 is 58.5. The lowest BCUT2D eigenvalue weighted by atomic mass is 10.0. The minimum absolute atomic E-state index is 0.264. The summed E-state index contributed by atoms with van der Waals surface area (Å²) in [5.74, 6) is 0.201. The maximum atomic E-state index is 13.0. The van der Waals surface area contributed by atoms with Crippen LogP contribution in [0.4, 0.5) is 17.6 Å². The number of fused-ring (bicyclic) bond motifs is 1. The number of ether oxygens (including phenoxy) is 1. The van der Waals surface area contributed by atoms with Crippen molar-refractivity contribution in [2.45, 2.75) is 12.8 Å². The Bertz CT molecular complexity index is 1100. The maximum absolute atomic E-state index is 13.0. The van der Waals surface area contributed by atoms with Gasteiger partial charge < -0.3 is 4.74 Å². The van der Waals surface area contributed by atoms with E-state index in [9.17, 15) is 17.6 Å². The van der Waals surface area contributed by atoms with Gasteiger partial charge in [-0.25, -0.2) is 8.91 Å². The fourth-order valence-corrected chi connectivity index (χ4v) is 2.87. The van der Waals surface area contributed by atoms with E-state index in [0.717, 1.165) is 28.8 Å². The molecule has 3 nitrogen and oxygen atoms in total. The van der Waals surface area contributed by atoms with Gasteiger partial charge in [-0.3, -0.25) is 0 Å². The second kappa shape index (κ2) is 6.99. The summed E-state index contributed by atoms with van der Waals surface area (Å²) in [6.07, 6.45) is -1.00. The first-order valence-electron chi connectivity index (χ1n) is 8.42. The Morgan fingerprint density at radius 2 is 1.64 bits per heavy atom. The van der Waals surface area contributed by atoms with Crippen LogP contribution in [-0.4, -0.2) is 9.61 Å². The molecule has 0 atom stereocenters. The smallest absolute Gasteiger partial charge is 0.416 e. The van der Waals surface area contributed by atoms with Crippen LogP contribution in [0.1, 0.15) is 11.1 Å². The van der Waals surface area contributed by atoms with Crippen LogP contribution in [0.15, 0.2) is 73.1 Å². The van der Waals surface area contributed by atoms with E-state index in [1.54, 1.807) is 29.0 Å². The number of hydrogen-bond acceptors (Lipinski definition) is 2. The lowest BCUT2D eigenvalue weighted by molar-refractivity contribution is -0.137. The summed E-state index contributed by atoms with van der Waals surface area (Å²) in [4.78, 5) is 0. The first-order chi connectivity index (χ1) is 13.4. The summed E-state index contributed by atoms with van der Waals surface area (Å²) in [5.41, 5.74) is 2.27. The lowest BCUT2D eigenvalue weighted by Crippen LogP contribution is -2.03. The summed E-state index contributed by atoms with van der Waals surface area (Å²) in [6, 6.07) is 14.4. The van der Waals surface area contributed by atoms with Gasteiger partial charge in [0.1, 0.15) is 18.2 Å². The van der Waals surface area contributed by atoms with Crippen LogP contribution in [-0.2, 0) is 12.8 Å². The van der Waals surface area contributed by atoms with Crippen LogP contribution in [0.2, 0.25) is 0 Å². The number of halogens is 4. The molecule has 0 aliphatic heterocycles. The molecule has 0 aliphatic carbocycles. The minimum atomic E-state index is -4.37. The van der Waals surface area contributed by atoms with Crippen molar-refractivity contribution in [1.82, 2.24) is 9.61 Å². The Kier molecular flexibility index (Phi) is 4.50. The number of alkyl halides is 3. The average molecular weight is 386 g/mol. The summed E-state index contributed by atoms with van der Waals surface area (Å²) in [5, 5.41) is 4.25. The molecule has 0 N–H and O–H groups in total. The minimum Gasteiger partial charge on any atom is -0.489 e. The highest BCUT2D eigenvalue weighted by atomic mass is 19.4. The van der Waals surface area contributed by atoms with Crippen molar-refractivity contribution in [3.8, 4) is 16.9 Å². The Hall–Kier alpha value is -3.35. The molecule has 7 heteroatoms. The molecule has 0 bridgehead atoms. The van der Waals surface area contributed by atoms with E-state index in [4.69, 9.17) is 4.74 Å². The second-order valence-corrected chi connectivity index (χ2v) is 6.24. The molecule has 4 rings (SSSR count). The number of benzene rings is 2. The van der Waals surface area contributed by atoms with Gasteiger partial charge in [-0.1, -0.05) is 12.1 Å². The highest BCUT2D eigenvalue weighted by Crippen LogP contribution is 2.32. The number of pyridine rings is 1. The van der Waals surface area contributed by atoms with Crippen molar-refractivity contribution in [3.05, 3.63) is 90.0 Å². The molecular formula is C21H14F4N2O. The van der Waals surface area contributed by atoms with Gasteiger partial charge in [-0.2, -0.15) is 18.3 Å². The van der Waals surface area contributed by atoms with Crippen molar-refractivity contribution in [2.24, 2.45) is 0 Å². The molecule has 0 radical (unpaired) electrons. The first-order valence-corrected chi connectivity index (χ1v) is 8.42. The van der Waals surface area contributed by atoms with Crippen LogP contribution in [0.25, 0.3) is 16.6 Å². The molecule has 0 amide bonds. The van der Waals surface area contributed by atoms with Crippen molar-refractivity contribution >= 4 is 5.52 Å². The van der Waals surface area contributed by atoms with E-state index in [1.165, 1.54) is 24.3 Å². The van der Waals surface area contributed by atoms with Crippen molar-refractivity contribution < 1.29 is 22.3 Å². The predicted molar refractivity (Wildman–Crippen MR) is 96.4 cm³/mol. The molecule has 2 aromatic heterocycles. The quantitative estimate of drug-likeness (QED) is 0.418. The molecule has 28 heavy (non-hydrogen) atoms. The van der Waals surface area contributed by atoms with E-state index >= 15 is 0 Å².